The Hall–Kier alpha value is -1.74. The summed E-state index contributed by atoms with van der Waals surface area (Å²) in [6.07, 6.45) is 0.486. The van der Waals surface area contributed by atoms with Crippen molar-refractivity contribution >= 4 is 11.0 Å². The molecule has 114 valence electrons. The van der Waals surface area contributed by atoms with Crippen LogP contribution in [0.4, 0.5) is 0 Å². The van der Waals surface area contributed by atoms with E-state index in [9.17, 15) is 15.0 Å². The van der Waals surface area contributed by atoms with Crippen LogP contribution in [-0.2, 0) is 9.47 Å². The van der Waals surface area contributed by atoms with Crippen LogP contribution in [0, 0.1) is 0 Å². The number of rotatable bonds is 3. The van der Waals surface area contributed by atoms with Crippen molar-refractivity contribution in [1.82, 2.24) is 14.5 Å². The van der Waals surface area contributed by atoms with Gasteiger partial charge in [0.1, 0.15) is 23.5 Å². The Morgan fingerprint density at radius 1 is 1.62 bits per heavy atom. The van der Waals surface area contributed by atoms with Gasteiger partial charge in [-0.3, -0.25) is 4.79 Å². The van der Waals surface area contributed by atoms with Crippen molar-refractivity contribution < 1.29 is 19.7 Å². The fraction of sp³-hybridized carbons (Fsp3) is 0.538. The van der Waals surface area contributed by atoms with Gasteiger partial charge in [-0.1, -0.05) is 0 Å². The molecule has 0 saturated carbocycles. The number of aliphatic hydroxyl groups excluding tert-OH is 2. The van der Waals surface area contributed by atoms with E-state index in [1.165, 1.54) is 13.4 Å². The summed E-state index contributed by atoms with van der Waals surface area (Å²) in [5.74, 6) is 0. The Labute approximate surface area is 119 Å². The van der Waals surface area contributed by atoms with Crippen molar-refractivity contribution in [3.05, 3.63) is 28.9 Å². The fourth-order valence-corrected chi connectivity index (χ4v) is 2.77. The monoisotopic (exact) mass is 295 g/mol. The highest BCUT2D eigenvalue weighted by molar-refractivity contribution is 5.74. The summed E-state index contributed by atoms with van der Waals surface area (Å²) in [4.78, 5) is 18.4. The second kappa shape index (κ2) is 4.92. The molecule has 21 heavy (non-hydrogen) atoms. The van der Waals surface area contributed by atoms with Crippen molar-refractivity contribution in [2.75, 3.05) is 13.7 Å². The molecule has 8 heteroatoms. The zero-order chi connectivity index (χ0) is 15.2. The first-order valence-electron chi connectivity index (χ1n) is 6.56. The van der Waals surface area contributed by atoms with Crippen LogP contribution in [0.15, 0.2) is 23.4 Å². The highest BCUT2D eigenvalue weighted by atomic mass is 16.6. The first-order chi connectivity index (χ1) is 10.0. The van der Waals surface area contributed by atoms with Gasteiger partial charge in [-0.05, 0) is 13.0 Å². The lowest BCUT2D eigenvalue weighted by Crippen LogP contribution is -2.46. The molecule has 2 aromatic rings. The van der Waals surface area contributed by atoms with E-state index in [1.807, 2.05) is 0 Å². The molecule has 3 N–H and O–H groups in total. The minimum atomic E-state index is -1.07. The van der Waals surface area contributed by atoms with Gasteiger partial charge in [0, 0.05) is 13.3 Å². The number of H-pyrrole nitrogens is 1. The maximum Gasteiger partial charge on any atom is 0.260 e. The predicted octanol–water partition coefficient (Wildman–Crippen LogP) is -0.620. The summed E-state index contributed by atoms with van der Waals surface area (Å²) in [5.41, 5.74) is -0.892. The molecule has 1 aliphatic heterocycles. The zero-order valence-electron chi connectivity index (χ0n) is 11.7. The van der Waals surface area contributed by atoms with Crippen molar-refractivity contribution in [2.45, 2.75) is 31.0 Å². The molecule has 1 aliphatic rings. The van der Waals surface area contributed by atoms with Crippen molar-refractivity contribution in [2.24, 2.45) is 0 Å². The Morgan fingerprint density at radius 2 is 2.38 bits per heavy atom. The number of nitrogens with one attached hydrogen (secondary N) is 1. The fourth-order valence-electron chi connectivity index (χ4n) is 2.77. The number of aliphatic hydroxyl groups is 2. The van der Waals surface area contributed by atoms with Crippen LogP contribution in [-0.4, -0.2) is 56.3 Å². The Balaban J connectivity index is 2.13. The normalized spacial score (nSPS) is 32.9. The lowest BCUT2D eigenvalue weighted by Gasteiger charge is -2.31. The van der Waals surface area contributed by atoms with Gasteiger partial charge in [0.25, 0.3) is 5.56 Å². The first-order valence-corrected chi connectivity index (χ1v) is 6.56. The van der Waals surface area contributed by atoms with Gasteiger partial charge >= 0.3 is 0 Å². The number of aromatic amines is 1. The van der Waals surface area contributed by atoms with Gasteiger partial charge in [-0.25, -0.2) is 4.98 Å². The second-order valence-electron chi connectivity index (χ2n) is 5.23. The predicted molar refractivity (Wildman–Crippen MR) is 72.8 cm³/mol. The molecule has 1 saturated heterocycles. The van der Waals surface area contributed by atoms with Crippen molar-refractivity contribution in [1.29, 1.82) is 0 Å². The third kappa shape index (κ3) is 1.91. The number of hydrogen-bond acceptors (Lipinski definition) is 6. The minimum absolute atomic E-state index is 0.255. The zero-order valence-corrected chi connectivity index (χ0v) is 11.7. The maximum absolute atomic E-state index is 11.8. The minimum Gasteiger partial charge on any atom is -0.394 e. The molecular formula is C13H17N3O5. The molecule has 3 heterocycles. The smallest absolute Gasteiger partial charge is 0.260 e. The summed E-state index contributed by atoms with van der Waals surface area (Å²) < 4.78 is 12.8. The highest BCUT2D eigenvalue weighted by Gasteiger charge is 2.54. The molecule has 3 rings (SSSR count). The van der Waals surface area contributed by atoms with E-state index in [4.69, 9.17) is 9.47 Å². The number of hydrogen-bond donors (Lipinski definition) is 3. The van der Waals surface area contributed by atoms with Crippen LogP contribution < -0.4 is 5.56 Å². The van der Waals surface area contributed by atoms with Gasteiger partial charge in [0.15, 0.2) is 6.23 Å². The van der Waals surface area contributed by atoms with Gasteiger partial charge in [0.05, 0.1) is 18.3 Å². The van der Waals surface area contributed by atoms with Crippen LogP contribution in [0.25, 0.3) is 11.0 Å². The molecule has 1 fully saturated rings. The third-order valence-electron chi connectivity index (χ3n) is 4.12. The average Bonchev–Trinajstić information content (AvgIpc) is 3.01. The van der Waals surface area contributed by atoms with Crippen molar-refractivity contribution in [3.8, 4) is 0 Å². The molecule has 2 aromatic heterocycles. The van der Waals surface area contributed by atoms with Crippen LogP contribution in [0.3, 0.4) is 0 Å². The summed E-state index contributed by atoms with van der Waals surface area (Å²) in [7, 11) is 1.46. The van der Waals surface area contributed by atoms with Gasteiger partial charge in [-0.2, -0.15) is 0 Å². The van der Waals surface area contributed by atoms with E-state index in [0.29, 0.717) is 11.0 Å². The molecule has 8 nitrogen and oxygen atoms in total. The lowest BCUT2D eigenvalue weighted by molar-refractivity contribution is -0.118. The molecule has 0 spiro atoms. The number of methoxy groups -OCH3 is 1. The van der Waals surface area contributed by atoms with E-state index in [2.05, 4.69) is 9.97 Å². The van der Waals surface area contributed by atoms with Crippen LogP contribution in [0.5, 0.6) is 0 Å². The summed E-state index contributed by atoms with van der Waals surface area (Å²) in [6.45, 7) is 1.36. The van der Waals surface area contributed by atoms with Gasteiger partial charge in [-0.15, -0.1) is 0 Å². The third-order valence-corrected chi connectivity index (χ3v) is 4.12. The summed E-state index contributed by atoms with van der Waals surface area (Å²) >= 11 is 0. The Kier molecular flexibility index (Phi) is 3.33. The average molecular weight is 295 g/mol. The molecule has 4 atom stereocenters. The van der Waals surface area contributed by atoms with E-state index in [0.717, 1.165) is 0 Å². The molecule has 1 unspecified atom stereocenters. The van der Waals surface area contributed by atoms with Crippen LogP contribution >= 0.6 is 0 Å². The number of fused-ring (bicyclic) bond motifs is 1. The van der Waals surface area contributed by atoms with Crippen LogP contribution in [0.2, 0.25) is 0 Å². The number of ether oxygens (including phenoxy) is 2. The van der Waals surface area contributed by atoms with E-state index >= 15 is 0 Å². The largest absolute Gasteiger partial charge is 0.394 e. The molecular weight excluding hydrogens is 278 g/mol. The first kappa shape index (κ1) is 14.2. The summed E-state index contributed by atoms with van der Waals surface area (Å²) in [6, 6.07) is 1.62. The van der Waals surface area contributed by atoms with E-state index in [1.54, 1.807) is 23.8 Å². The Morgan fingerprint density at radius 3 is 3.05 bits per heavy atom. The lowest BCUT2D eigenvalue weighted by atomic mass is 9.96. The molecule has 0 radical (unpaired) electrons. The summed E-state index contributed by atoms with van der Waals surface area (Å²) in [5, 5.41) is 20.0. The van der Waals surface area contributed by atoms with Crippen LogP contribution in [0.1, 0.15) is 13.2 Å². The molecule has 0 aliphatic carbocycles. The topological polar surface area (TPSA) is 110 Å². The molecule has 0 bridgehead atoms. The molecule has 0 aromatic carbocycles. The highest BCUT2D eigenvalue weighted by Crippen LogP contribution is 2.41. The van der Waals surface area contributed by atoms with Crippen molar-refractivity contribution in [3.63, 3.8) is 0 Å². The van der Waals surface area contributed by atoms with Gasteiger partial charge < -0.3 is 29.2 Å². The molecule has 0 amide bonds. The number of aromatic nitrogens is 3. The Bertz CT molecular complexity index is 711. The van der Waals surface area contributed by atoms with E-state index < -0.39 is 24.0 Å². The quantitative estimate of drug-likeness (QED) is 0.696. The van der Waals surface area contributed by atoms with E-state index in [-0.39, 0.29) is 12.2 Å². The maximum atomic E-state index is 11.8. The second-order valence-corrected chi connectivity index (χ2v) is 5.23. The standard InChI is InChI=1S/C13H17N3O5/c1-13(20-2)9(18)8(5-17)21-12(13)16-4-3-7-10(16)14-6-15-11(7)19/h3-4,6,8-9,12,17-18H,5H2,1-2H3,(H,14,15,19)/t8-,9-,12?,13-/m1/s1. The SMILES string of the molecule is CO[C@@]1(C)C(n2ccc3c(=O)[nH]cnc32)O[C@H](CO)[C@H]1O. The number of nitrogens with zero attached hydrogens (tertiary/aromatic N) is 2. The van der Waals surface area contributed by atoms with Gasteiger partial charge in [0.2, 0.25) is 0 Å².